The van der Waals surface area contributed by atoms with Crippen molar-refractivity contribution in [3.8, 4) is 0 Å². The van der Waals surface area contributed by atoms with Crippen molar-refractivity contribution in [2.45, 2.75) is 45.2 Å². The monoisotopic (exact) mass is 237 g/mol. The normalized spacial score (nSPS) is 30.1. The van der Waals surface area contributed by atoms with Crippen LogP contribution in [-0.4, -0.2) is 42.4 Å². The summed E-state index contributed by atoms with van der Waals surface area (Å²) in [6, 6.07) is 0. The van der Waals surface area contributed by atoms with Gasteiger partial charge in [-0.05, 0) is 26.3 Å². The van der Waals surface area contributed by atoms with E-state index in [1.54, 1.807) is 13.8 Å². The van der Waals surface area contributed by atoms with Crippen LogP contribution < -0.4 is 0 Å². The summed E-state index contributed by atoms with van der Waals surface area (Å²) >= 11 is 0. The Labute approximate surface area is 94.1 Å². The van der Waals surface area contributed by atoms with Crippen LogP contribution in [0, 0.1) is 0 Å². The van der Waals surface area contributed by atoms with E-state index in [0.29, 0.717) is 0 Å². The molecule has 3 atom stereocenters. The first kappa shape index (κ1) is 13.5. The largest absolute Gasteiger partial charge is 0.373 e. The minimum atomic E-state index is -3.50. The van der Waals surface area contributed by atoms with E-state index in [9.17, 15) is 13.2 Å². The molecule has 0 radical (unpaired) electrons. The molecular formula is C11H18F3NO. The molecule has 1 rings (SSSR count). The van der Waals surface area contributed by atoms with Gasteiger partial charge in [-0.15, -0.1) is 0 Å². The lowest BCUT2D eigenvalue weighted by Gasteiger charge is -2.39. The molecule has 1 fully saturated rings. The smallest absolute Gasteiger partial charge is 0.312 e. The Morgan fingerprint density at radius 2 is 1.81 bits per heavy atom. The summed E-state index contributed by atoms with van der Waals surface area (Å²) in [6.07, 6.45) is -2.79. The van der Waals surface area contributed by atoms with Crippen molar-refractivity contribution >= 4 is 0 Å². The van der Waals surface area contributed by atoms with E-state index in [1.807, 2.05) is 0 Å². The minimum absolute atomic E-state index is 0.175. The standard InChI is InChI=1S/C11H18F3NO/c1-7(2)11(13,14)10(12)15-5-8(3)16-9(4)6-15/h8-10H,1,5-6H2,2-4H3. The highest BCUT2D eigenvalue weighted by Crippen LogP contribution is 2.32. The maximum atomic E-state index is 13.7. The SMILES string of the molecule is C=C(C)C(F)(F)C(F)N1CC(C)OC(C)C1. The summed E-state index contributed by atoms with van der Waals surface area (Å²) in [5, 5.41) is 0. The molecule has 0 spiro atoms. The van der Waals surface area contributed by atoms with Gasteiger partial charge >= 0.3 is 5.92 Å². The molecule has 3 unspecified atom stereocenters. The van der Waals surface area contributed by atoms with Crippen LogP contribution in [-0.2, 0) is 4.74 Å². The average Bonchev–Trinajstić information content (AvgIpc) is 2.14. The fraction of sp³-hybridized carbons (Fsp3) is 0.818. The van der Waals surface area contributed by atoms with Crippen LogP contribution in [0.3, 0.4) is 0 Å². The van der Waals surface area contributed by atoms with Crippen LogP contribution in [0.1, 0.15) is 20.8 Å². The third-order valence-corrected chi connectivity index (χ3v) is 2.64. The molecule has 0 N–H and O–H groups in total. The highest BCUT2D eigenvalue weighted by molar-refractivity contribution is 5.07. The topological polar surface area (TPSA) is 12.5 Å². The first-order chi connectivity index (χ1) is 7.25. The molecule has 1 saturated heterocycles. The second-order valence-electron chi connectivity index (χ2n) is 4.45. The van der Waals surface area contributed by atoms with Gasteiger partial charge in [-0.1, -0.05) is 6.58 Å². The lowest BCUT2D eigenvalue weighted by atomic mass is 10.1. The summed E-state index contributed by atoms with van der Waals surface area (Å²) in [5.74, 6) is -3.50. The fourth-order valence-electron chi connectivity index (χ4n) is 1.84. The van der Waals surface area contributed by atoms with Gasteiger partial charge in [0.05, 0.1) is 12.2 Å². The molecule has 1 heterocycles. The third-order valence-electron chi connectivity index (χ3n) is 2.64. The van der Waals surface area contributed by atoms with E-state index in [0.717, 1.165) is 11.8 Å². The lowest BCUT2D eigenvalue weighted by molar-refractivity contribution is -0.161. The Kier molecular flexibility index (Phi) is 4.02. The summed E-state index contributed by atoms with van der Waals surface area (Å²) in [6.45, 7) is 8.11. The van der Waals surface area contributed by atoms with Gasteiger partial charge in [-0.25, -0.2) is 4.39 Å². The Morgan fingerprint density at radius 3 is 2.19 bits per heavy atom. The second kappa shape index (κ2) is 4.75. The number of ether oxygens (including phenoxy) is 1. The number of morpholine rings is 1. The molecule has 0 saturated carbocycles. The molecule has 2 nitrogen and oxygen atoms in total. The van der Waals surface area contributed by atoms with Crippen molar-refractivity contribution < 1.29 is 17.9 Å². The third kappa shape index (κ3) is 2.77. The summed E-state index contributed by atoms with van der Waals surface area (Å²) in [7, 11) is 0. The van der Waals surface area contributed by atoms with Gasteiger partial charge in [0.1, 0.15) is 0 Å². The van der Waals surface area contributed by atoms with Gasteiger partial charge in [0.2, 0.25) is 6.30 Å². The van der Waals surface area contributed by atoms with Crippen LogP contribution in [0.15, 0.2) is 12.2 Å². The molecule has 1 aliphatic rings. The Morgan fingerprint density at radius 1 is 1.38 bits per heavy atom. The quantitative estimate of drug-likeness (QED) is 0.552. The maximum Gasteiger partial charge on any atom is 0.312 e. The zero-order valence-corrected chi connectivity index (χ0v) is 9.84. The average molecular weight is 237 g/mol. The number of halogens is 3. The lowest BCUT2D eigenvalue weighted by Crippen LogP contribution is -2.54. The van der Waals surface area contributed by atoms with Gasteiger partial charge < -0.3 is 4.74 Å². The predicted octanol–water partition coefficient (Wildman–Crippen LogP) is 2.60. The Hall–Kier alpha value is -0.550. The number of nitrogens with zero attached hydrogens (tertiary/aromatic N) is 1. The molecule has 1 aliphatic heterocycles. The number of rotatable bonds is 3. The molecule has 0 aliphatic carbocycles. The first-order valence-electron chi connectivity index (χ1n) is 5.32. The van der Waals surface area contributed by atoms with E-state index in [4.69, 9.17) is 4.74 Å². The van der Waals surface area contributed by atoms with Crippen molar-refractivity contribution in [2.75, 3.05) is 13.1 Å². The highest BCUT2D eigenvalue weighted by Gasteiger charge is 2.46. The van der Waals surface area contributed by atoms with Crippen LogP contribution in [0.5, 0.6) is 0 Å². The van der Waals surface area contributed by atoms with Crippen LogP contribution >= 0.6 is 0 Å². The van der Waals surface area contributed by atoms with Crippen LogP contribution in [0.25, 0.3) is 0 Å². The van der Waals surface area contributed by atoms with Gasteiger partial charge in [-0.3, -0.25) is 4.90 Å². The molecular weight excluding hydrogens is 219 g/mol. The van der Waals surface area contributed by atoms with E-state index in [1.165, 1.54) is 0 Å². The van der Waals surface area contributed by atoms with E-state index >= 15 is 0 Å². The van der Waals surface area contributed by atoms with Gasteiger partial charge in [0.25, 0.3) is 0 Å². The van der Waals surface area contributed by atoms with Gasteiger partial charge in [-0.2, -0.15) is 8.78 Å². The maximum absolute atomic E-state index is 13.7. The highest BCUT2D eigenvalue weighted by atomic mass is 19.3. The van der Waals surface area contributed by atoms with Crippen LogP contribution in [0.4, 0.5) is 13.2 Å². The van der Waals surface area contributed by atoms with E-state index in [2.05, 4.69) is 6.58 Å². The molecule has 94 valence electrons. The Balaban J connectivity index is 2.73. The molecule has 0 aromatic carbocycles. The summed E-state index contributed by atoms with van der Waals surface area (Å²) in [5.41, 5.74) is -0.452. The fourth-order valence-corrected chi connectivity index (χ4v) is 1.84. The van der Waals surface area contributed by atoms with Gasteiger partial charge in [0.15, 0.2) is 0 Å². The van der Waals surface area contributed by atoms with E-state index in [-0.39, 0.29) is 25.3 Å². The van der Waals surface area contributed by atoms with Gasteiger partial charge in [0, 0.05) is 13.1 Å². The molecule has 0 aromatic rings. The summed E-state index contributed by atoms with van der Waals surface area (Å²) < 4.78 is 45.9. The van der Waals surface area contributed by atoms with Crippen molar-refractivity contribution in [1.29, 1.82) is 0 Å². The van der Waals surface area contributed by atoms with Crippen molar-refractivity contribution in [3.63, 3.8) is 0 Å². The number of alkyl halides is 3. The molecule has 0 aromatic heterocycles. The minimum Gasteiger partial charge on any atom is -0.373 e. The molecule has 16 heavy (non-hydrogen) atoms. The molecule has 5 heteroatoms. The predicted molar refractivity (Wildman–Crippen MR) is 56.2 cm³/mol. The number of hydrogen-bond acceptors (Lipinski definition) is 2. The van der Waals surface area contributed by atoms with Crippen molar-refractivity contribution in [1.82, 2.24) is 4.90 Å². The zero-order valence-electron chi connectivity index (χ0n) is 9.84. The Bertz CT molecular complexity index is 260. The summed E-state index contributed by atoms with van der Waals surface area (Å²) in [4.78, 5) is 1.12. The van der Waals surface area contributed by atoms with E-state index < -0.39 is 17.8 Å². The second-order valence-corrected chi connectivity index (χ2v) is 4.45. The van der Waals surface area contributed by atoms with Crippen molar-refractivity contribution in [3.05, 3.63) is 12.2 Å². The van der Waals surface area contributed by atoms with Crippen molar-refractivity contribution in [2.24, 2.45) is 0 Å². The van der Waals surface area contributed by atoms with Crippen LogP contribution in [0.2, 0.25) is 0 Å². The first-order valence-corrected chi connectivity index (χ1v) is 5.32. The zero-order chi connectivity index (χ0) is 12.5. The molecule has 0 bridgehead atoms. The molecule has 0 amide bonds. The number of hydrogen-bond donors (Lipinski definition) is 0.